The summed E-state index contributed by atoms with van der Waals surface area (Å²) >= 11 is 0. The first-order valence-electron chi connectivity index (χ1n) is 19.5. The average molecular weight is 717 g/mol. The van der Waals surface area contributed by atoms with E-state index in [1.54, 1.807) is 0 Å². The summed E-state index contributed by atoms with van der Waals surface area (Å²) in [5, 5.41) is 2.46. The van der Waals surface area contributed by atoms with Crippen LogP contribution in [0.4, 0.5) is 17.1 Å². The summed E-state index contributed by atoms with van der Waals surface area (Å²) in [6, 6.07) is 72.7. The summed E-state index contributed by atoms with van der Waals surface area (Å²) in [5.41, 5.74) is 15.6. The zero-order valence-electron chi connectivity index (χ0n) is 31.0. The summed E-state index contributed by atoms with van der Waals surface area (Å²) in [7, 11) is 0. The van der Waals surface area contributed by atoms with Gasteiger partial charge in [0.25, 0.3) is 0 Å². The van der Waals surface area contributed by atoms with E-state index in [1.807, 2.05) is 0 Å². The minimum atomic E-state index is 0.339. The lowest BCUT2D eigenvalue weighted by molar-refractivity contribution is 0.856. The van der Waals surface area contributed by atoms with Crippen LogP contribution in [-0.4, -0.2) is 4.57 Å². The highest BCUT2D eigenvalue weighted by molar-refractivity contribution is 6.10. The van der Waals surface area contributed by atoms with Crippen molar-refractivity contribution in [3.8, 4) is 39.1 Å². The van der Waals surface area contributed by atoms with Gasteiger partial charge in [-0.05, 0) is 112 Å². The van der Waals surface area contributed by atoms with Gasteiger partial charge in [0, 0.05) is 39.4 Å². The van der Waals surface area contributed by atoms with Crippen molar-refractivity contribution in [1.82, 2.24) is 4.57 Å². The highest BCUT2D eigenvalue weighted by atomic mass is 15.1. The Morgan fingerprint density at radius 1 is 0.411 bits per heavy atom. The predicted molar refractivity (Wildman–Crippen MR) is 237 cm³/mol. The first-order valence-corrected chi connectivity index (χ1v) is 19.5. The lowest BCUT2D eigenvalue weighted by Gasteiger charge is -2.26. The first kappa shape index (κ1) is 33.4. The van der Waals surface area contributed by atoms with Gasteiger partial charge in [-0.2, -0.15) is 0 Å². The Morgan fingerprint density at radius 3 is 1.64 bits per heavy atom. The minimum Gasteiger partial charge on any atom is -0.310 e. The van der Waals surface area contributed by atoms with Crippen molar-refractivity contribution in [2.75, 3.05) is 4.90 Å². The van der Waals surface area contributed by atoms with E-state index in [9.17, 15) is 0 Å². The van der Waals surface area contributed by atoms with Gasteiger partial charge in [-0.1, -0.05) is 158 Å². The van der Waals surface area contributed by atoms with Gasteiger partial charge in [-0.25, -0.2) is 0 Å². The molecule has 0 amide bonds. The summed E-state index contributed by atoms with van der Waals surface area (Å²) < 4.78 is 2.37. The summed E-state index contributed by atoms with van der Waals surface area (Å²) in [5.74, 6) is 0.339. The van der Waals surface area contributed by atoms with E-state index < -0.39 is 0 Å². The van der Waals surface area contributed by atoms with Gasteiger partial charge in [0.2, 0.25) is 0 Å². The third-order valence-electron chi connectivity index (χ3n) is 11.1. The lowest BCUT2D eigenvalue weighted by atomic mass is 9.85. The molecular weight excluding hydrogens is 677 g/mol. The number of fused-ring (bicyclic) bond motifs is 3. The third-order valence-corrected chi connectivity index (χ3v) is 11.1. The van der Waals surface area contributed by atoms with Crippen LogP contribution in [0.15, 0.2) is 224 Å². The molecule has 0 saturated carbocycles. The Balaban J connectivity index is 1.08. The number of aromatic nitrogens is 1. The number of allylic oxidation sites excluding steroid dienone is 4. The molecule has 1 atom stereocenters. The molecule has 0 saturated heterocycles. The van der Waals surface area contributed by atoms with Gasteiger partial charge in [0.1, 0.15) is 0 Å². The Kier molecular flexibility index (Phi) is 8.70. The largest absolute Gasteiger partial charge is 0.310 e. The second-order valence-corrected chi connectivity index (χ2v) is 14.5. The van der Waals surface area contributed by atoms with Crippen LogP contribution in [0.1, 0.15) is 17.9 Å². The number of hydrogen-bond donors (Lipinski definition) is 0. The molecule has 1 aliphatic carbocycles. The van der Waals surface area contributed by atoms with Crippen LogP contribution in [0.2, 0.25) is 0 Å². The van der Waals surface area contributed by atoms with Crippen molar-refractivity contribution in [2.24, 2.45) is 0 Å². The van der Waals surface area contributed by atoms with Crippen LogP contribution in [0, 0.1) is 0 Å². The maximum atomic E-state index is 2.40. The van der Waals surface area contributed by atoms with Crippen LogP contribution in [-0.2, 0) is 0 Å². The van der Waals surface area contributed by atoms with E-state index in [0.29, 0.717) is 5.92 Å². The van der Waals surface area contributed by atoms with Crippen molar-refractivity contribution in [3.63, 3.8) is 0 Å². The van der Waals surface area contributed by atoms with Gasteiger partial charge < -0.3 is 9.47 Å². The second-order valence-electron chi connectivity index (χ2n) is 14.5. The van der Waals surface area contributed by atoms with E-state index in [0.717, 1.165) is 29.2 Å². The number of benzene rings is 8. The fourth-order valence-corrected chi connectivity index (χ4v) is 8.38. The van der Waals surface area contributed by atoms with Gasteiger partial charge in [-0.3, -0.25) is 0 Å². The van der Waals surface area contributed by atoms with E-state index in [1.165, 1.54) is 60.8 Å². The molecule has 0 spiro atoms. The number of nitrogens with zero attached hydrogens (tertiary/aromatic N) is 2. The van der Waals surface area contributed by atoms with Gasteiger partial charge in [0.05, 0.1) is 11.0 Å². The number of anilines is 3. The fraction of sp³-hybridized carbons (Fsp3) is 0.0370. The molecule has 0 bridgehead atoms. The molecule has 10 rings (SSSR count). The van der Waals surface area contributed by atoms with E-state index >= 15 is 0 Å². The summed E-state index contributed by atoms with van der Waals surface area (Å²) in [6.45, 7) is 0. The molecular formula is C54H40N2. The molecule has 9 aromatic rings. The van der Waals surface area contributed by atoms with Crippen molar-refractivity contribution < 1.29 is 0 Å². The molecule has 56 heavy (non-hydrogen) atoms. The first-order chi connectivity index (χ1) is 27.8. The molecule has 2 heteroatoms. The van der Waals surface area contributed by atoms with Crippen LogP contribution in [0.3, 0.4) is 0 Å². The summed E-state index contributed by atoms with van der Waals surface area (Å²) in [4.78, 5) is 2.38. The monoisotopic (exact) mass is 716 g/mol. The van der Waals surface area contributed by atoms with E-state index in [2.05, 4.69) is 234 Å². The Hall–Kier alpha value is -7.16. The highest BCUT2D eigenvalue weighted by Gasteiger charge is 2.19. The normalized spacial score (nSPS) is 13.7. The van der Waals surface area contributed by atoms with Crippen molar-refractivity contribution in [1.29, 1.82) is 0 Å². The topological polar surface area (TPSA) is 8.17 Å². The Bertz CT molecular complexity index is 2850. The smallest absolute Gasteiger partial charge is 0.0542 e. The molecule has 1 unspecified atom stereocenters. The molecule has 2 nitrogen and oxygen atoms in total. The maximum Gasteiger partial charge on any atom is 0.0542 e. The summed E-state index contributed by atoms with van der Waals surface area (Å²) in [6.07, 6.45) is 9.96. The molecule has 1 aromatic heterocycles. The standard InChI is InChI=1S/C54H40N2/c1-5-15-39(16-6-1)40-25-30-46(31-26-40)55(48-34-36-54-52(38-48)50-23-13-14-24-53(50)56(54)45-21-11-4-12-22-45)47-32-27-41(28-33-47)44-29-35-49(42-17-7-2-8-18-42)51(37-44)43-19-9-3-10-20-43/h1-19,21-38,43H,20H2. The van der Waals surface area contributed by atoms with E-state index in [-0.39, 0.29) is 0 Å². The molecule has 0 aliphatic heterocycles. The second kappa shape index (κ2) is 14.6. The van der Waals surface area contributed by atoms with Crippen molar-refractivity contribution in [2.45, 2.75) is 12.3 Å². The van der Waals surface area contributed by atoms with E-state index in [4.69, 9.17) is 0 Å². The average Bonchev–Trinajstić information content (AvgIpc) is 3.62. The van der Waals surface area contributed by atoms with Gasteiger partial charge in [-0.15, -0.1) is 0 Å². The van der Waals surface area contributed by atoms with Gasteiger partial charge >= 0.3 is 0 Å². The Morgan fingerprint density at radius 2 is 0.964 bits per heavy atom. The van der Waals surface area contributed by atoms with Crippen molar-refractivity contribution >= 4 is 38.9 Å². The predicted octanol–water partition coefficient (Wildman–Crippen LogP) is 14.9. The highest BCUT2D eigenvalue weighted by Crippen LogP contribution is 2.42. The van der Waals surface area contributed by atoms with Crippen molar-refractivity contribution in [3.05, 3.63) is 230 Å². The Labute approximate surface area is 328 Å². The van der Waals surface area contributed by atoms with Crippen LogP contribution < -0.4 is 4.90 Å². The number of rotatable bonds is 8. The molecule has 1 heterocycles. The SMILES string of the molecule is C1=CCC(c2cc(-c3ccc(N(c4ccc(-c5ccccc5)cc4)c4ccc5c(c4)c4ccccc4n5-c4ccccc4)cc3)ccc2-c2ccccc2)C=C1. The van der Waals surface area contributed by atoms with Crippen LogP contribution in [0.5, 0.6) is 0 Å². The third kappa shape index (κ3) is 6.22. The lowest BCUT2D eigenvalue weighted by Crippen LogP contribution is -2.10. The van der Waals surface area contributed by atoms with Gasteiger partial charge in [0.15, 0.2) is 0 Å². The van der Waals surface area contributed by atoms with Crippen LogP contribution in [0.25, 0.3) is 60.9 Å². The number of para-hydroxylation sites is 2. The minimum absolute atomic E-state index is 0.339. The molecule has 1 aliphatic rings. The zero-order chi connectivity index (χ0) is 37.3. The fourth-order valence-electron chi connectivity index (χ4n) is 8.38. The number of hydrogen-bond acceptors (Lipinski definition) is 1. The molecule has 0 fully saturated rings. The van der Waals surface area contributed by atoms with Crippen LogP contribution >= 0.6 is 0 Å². The maximum absolute atomic E-state index is 2.40. The quantitative estimate of drug-likeness (QED) is 0.152. The molecule has 0 radical (unpaired) electrons. The zero-order valence-corrected chi connectivity index (χ0v) is 31.0. The molecule has 0 N–H and O–H groups in total. The molecule has 8 aromatic carbocycles. The molecule has 266 valence electrons.